The Kier molecular flexibility index (Phi) is 38.8. The molecule has 0 atom stereocenters. The van der Waals surface area contributed by atoms with Gasteiger partial charge in [-0.3, -0.25) is 9.59 Å². The third kappa shape index (κ3) is 44.2. The predicted octanol–water partition coefficient (Wildman–Crippen LogP) is 1.97. The Morgan fingerprint density at radius 1 is 0.407 bits per heavy atom. The number of hydrogen-bond donors (Lipinski definition) is 4. The number of alkyl carbamates (subject to hydrolysis) is 1. The van der Waals surface area contributed by atoms with Crippen LogP contribution < -0.4 is 21.7 Å². The smallest absolute Gasteiger partial charge is 0.407 e. The largest absolute Gasteiger partial charge is 0.444 e. The Bertz CT molecular complexity index is 853. The Balaban J connectivity index is 3.25. The number of ether oxygens (including phenoxy) is 10. The summed E-state index contributed by atoms with van der Waals surface area (Å²) < 4.78 is 54.0. The van der Waals surface area contributed by atoms with Crippen LogP contribution in [0.3, 0.4) is 0 Å². The van der Waals surface area contributed by atoms with Crippen molar-refractivity contribution in [1.82, 2.24) is 16.0 Å². The lowest BCUT2D eigenvalue weighted by molar-refractivity contribution is -0.122. The summed E-state index contributed by atoms with van der Waals surface area (Å²) in [7, 11) is 0. The highest BCUT2D eigenvalue weighted by Gasteiger charge is 2.15. The fourth-order valence-electron chi connectivity index (χ4n) is 4.29. The first-order chi connectivity index (χ1) is 26.2. The zero-order valence-corrected chi connectivity index (χ0v) is 33.6. The van der Waals surface area contributed by atoms with Crippen molar-refractivity contribution >= 4 is 17.9 Å². The maximum atomic E-state index is 12.0. The molecule has 0 aromatic carbocycles. The standard InChI is InChI=1S/C37H74N4O13/c1-37(2,3)54-36(44)41-14-9-5-7-10-34(42)39-13-8-4-6-11-35(43)40-15-17-46-19-21-48-23-25-50-27-29-52-31-33-53-32-30-51-28-26-49-24-22-47-20-18-45-16-12-38/h4-33,38H2,1-3H3,(H,39,42)(H,40,43)(H,41,44). The number of nitrogens with one attached hydrogen (secondary N) is 3. The highest BCUT2D eigenvalue weighted by atomic mass is 16.6. The average molecular weight is 783 g/mol. The van der Waals surface area contributed by atoms with Gasteiger partial charge in [0.1, 0.15) is 5.60 Å². The molecule has 0 aromatic heterocycles. The molecule has 5 N–H and O–H groups in total. The highest BCUT2D eigenvalue weighted by molar-refractivity contribution is 5.76. The van der Waals surface area contributed by atoms with E-state index in [4.69, 9.17) is 53.1 Å². The van der Waals surface area contributed by atoms with E-state index in [2.05, 4.69) is 16.0 Å². The monoisotopic (exact) mass is 783 g/mol. The van der Waals surface area contributed by atoms with Crippen LogP contribution in [-0.2, 0) is 57.0 Å². The molecule has 0 radical (unpaired) electrons. The van der Waals surface area contributed by atoms with Crippen molar-refractivity contribution in [2.24, 2.45) is 5.73 Å². The normalized spacial score (nSPS) is 11.5. The van der Waals surface area contributed by atoms with E-state index in [1.807, 2.05) is 20.8 Å². The number of amides is 3. The van der Waals surface area contributed by atoms with Crippen LogP contribution in [0.25, 0.3) is 0 Å². The van der Waals surface area contributed by atoms with Gasteiger partial charge in [0.05, 0.1) is 119 Å². The van der Waals surface area contributed by atoms with E-state index in [1.165, 1.54) is 0 Å². The van der Waals surface area contributed by atoms with Crippen molar-refractivity contribution in [3.63, 3.8) is 0 Å². The van der Waals surface area contributed by atoms with E-state index >= 15 is 0 Å². The summed E-state index contributed by atoms with van der Waals surface area (Å²) in [6.45, 7) is 16.4. The van der Waals surface area contributed by atoms with Gasteiger partial charge in [-0.15, -0.1) is 0 Å². The maximum Gasteiger partial charge on any atom is 0.407 e. The van der Waals surface area contributed by atoms with Crippen LogP contribution in [-0.4, -0.2) is 169 Å². The molecule has 0 bridgehead atoms. The summed E-state index contributed by atoms with van der Waals surface area (Å²) in [5, 5.41) is 8.49. The van der Waals surface area contributed by atoms with Crippen LogP contribution in [0.15, 0.2) is 0 Å². The molecule has 0 saturated carbocycles. The van der Waals surface area contributed by atoms with E-state index in [-0.39, 0.29) is 11.8 Å². The number of rotatable bonds is 41. The minimum atomic E-state index is -0.509. The van der Waals surface area contributed by atoms with Crippen LogP contribution in [0.5, 0.6) is 0 Å². The lowest BCUT2D eigenvalue weighted by Gasteiger charge is -2.19. The van der Waals surface area contributed by atoms with Crippen molar-refractivity contribution in [2.45, 2.75) is 77.7 Å². The van der Waals surface area contributed by atoms with Gasteiger partial charge in [0, 0.05) is 39.0 Å². The molecule has 0 rings (SSSR count). The summed E-state index contributed by atoms with van der Waals surface area (Å²) >= 11 is 0. The minimum absolute atomic E-state index is 0.00337. The van der Waals surface area contributed by atoms with Crippen LogP contribution in [0.2, 0.25) is 0 Å². The fraction of sp³-hybridized carbons (Fsp3) is 0.919. The Morgan fingerprint density at radius 3 is 1.07 bits per heavy atom. The summed E-state index contributed by atoms with van der Waals surface area (Å²) in [4.78, 5) is 35.5. The van der Waals surface area contributed by atoms with E-state index in [1.54, 1.807) is 0 Å². The molecule has 54 heavy (non-hydrogen) atoms. The summed E-state index contributed by atoms with van der Waals surface area (Å²) in [6, 6.07) is 0. The highest BCUT2D eigenvalue weighted by Crippen LogP contribution is 2.07. The van der Waals surface area contributed by atoms with Crippen molar-refractivity contribution in [3.05, 3.63) is 0 Å². The zero-order chi connectivity index (χ0) is 39.6. The van der Waals surface area contributed by atoms with Crippen LogP contribution in [0.4, 0.5) is 4.79 Å². The van der Waals surface area contributed by atoms with Crippen molar-refractivity contribution in [1.29, 1.82) is 0 Å². The quantitative estimate of drug-likeness (QED) is 0.0655. The van der Waals surface area contributed by atoms with Gasteiger partial charge in [-0.2, -0.15) is 0 Å². The van der Waals surface area contributed by atoms with Crippen molar-refractivity contribution < 1.29 is 61.8 Å². The molecule has 3 amide bonds. The Labute approximate surface area is 323 Å². The SMILES string of the molecule is CC(C)(C)OC(=O)NCCCCCC(=O)NCCCCCC(=O)NCCOCCOCCOCCOCCOCCOCCOCCOCCOCCN. The first-order valence-electron chi connectivity index (χ1n) is 19.6. The molecular weight excluding hydrogens is 708 g/mol. The molecule has 0 heterocycles. The molecular formula is C37H74N4O13. The second kappa shape index (κ2) is 40.5. The Hall–Kier alpha value is -2.19. The number of carbonyl (C=O) groups is 3. The van der Waals surface area contributed by atoms with Crippen LogP contribution in [0, 0.1) is 0 Å². The van der Waals surface area contributed by atoms with Gasteiger partial charge in [0.25, 0.3) is 0 Å². The Morgan fingerprint density at radius 2 is 0.722 bits per heavy atom. The lowest BCUT2D eigenvalue weighted by atomic mass is 10.1. The first kappa shape index (κ1) is 51.8. The molecule has 17 nitrogen and oxygen atoms in total. The molecule has 17 heteroatoms. The van der Waals surface area contributed by atoms with Gasteiger partial charge in [-0.05, 0) is 46.5 Å². The van der Waals surface area contributed by atoms with Gasteiger partial charge in [0.15, 0.2) is 0 Å². The van der Waals surface area contributed by atoms with Crippen LogP contribution >= 0.6 is 0 Å². The van der Waals surface area contributed by atoms with Crippen molar-refractivity contribution in [2.75, 3.05) is 145 Å². The molecule has 0 aliphatic heterocycles. The van der Waals surface area contributed by atoms with E-state index in [0.717, 1.165) is 38.5 Å². The second-order valence-corrected chi connectivity index (χ2v) is 13.0. The van der Waals surface area contributed by atoms with Gasteiger partial charge in [-0.1, -0.05) is 12.8 Å². The second-order valence-electron chi connectivity index (χ2n) is 13.0. The summed E-state index contributed by atoms with van der Waals surface area (Å²) in [5.41, 5.74) is 4.82. The van der Waals surface area contributed by atoms with Gasteiger partial charge in [-0.25, -0.2) is 4.79 Å². The number of nitrogens with two attached hydrogens (primary N) is 1. The molecule has 0 spiro atoms. The van der Waals surface area contributed by atoms with Gasteiger partial charge < -0.3 is 69.1 Å². The van der Waals surface area contributed by atoms with Crippen molar-refractivity contribution in [3.8, 4) is 0 Å². The number of unbranched alkanes of at least 4 members (excludes halogenated alkanes) is 4. The third-order valence-corrected chi connectivity index (χ3v) is 6.96. The average Bonchev–Trinajstić information content (AvgIpc) is 3.13. The van der Waals surface area contributed by atoms with E-state index in [0.29, 0.717) is 158 Å². The molecule has 0 aliphatic carbocycles. The predicted molar refractivity (Wildman–Crippen MR) is 204 cm³/mol. The lowest BCUT2D eigenvalue weighted by Crippen LogP contribution is -2.33. The molecule has 0 unspecified atom stereocenters. The summed E-state index contributed by atoms with van der Waals surface area (Å²) in [6.07, 6.45) is 5.38. The number of hydrogen-bond acceptors (Lipinski definition) is 14. The topological polar surface area (TPSA) is 206 Å². The van der Waals surface area contributed by atoms with Gasteiger partial charge >= 0.3 is 6.09 Å². The minimum Gasteiger partial charge on any atom is -0.444 e. The van der Waals surface area contributed by atoms with Gasteiger partial charge in [0.2, 0.25) is 11.8 Å². The molecule has 320 valence electrons. The molecule has 0 aliphatic rings. The molecule has 0 saturated heterocycles. The van der Waals surface area contributed by atoms with E-state index in [9.17, 15) is 14.4 Å². The van der Waals surface area contributed by atoms with E-state index < -0.39 is 11.7 Å². The molecule has 0 fully saturated rings. The number of carbonyl (C=O) groups excluding carboxylic acids is 3. The first-order valence-corrected chi connectivity index (χ1v) is 19.6. The summed E-state index contributed by atoms with van der Waals surface area (Å²) in [5.74, 6) is 0.0278. The third-order valence-electron chi connectivity index (χ3n) is 6.96. The molecule has 0 aromatic rings. The maximum absolute atomic E-state index is 12.0. The zero-order valence-electron chi connectivity index (χ0n) is 33.6. The van der Waals surface area contributed by atoms with Crippen LogP contribution in [0.1, 0.15) is 72.1 Å². The fourth-order valence-corrected chi connectivity index (χ4v) is 4.29.